The number of nitrogens with one attached hydrogen (secondary N) is 1. The molecule has 1 aliphatic rings. The average molecular weight is 392 g/mol. The van der Waals surface area contributed by atoms with Gasteiger partial charge in [-0.1, -0.05) is 42.5 Å². The van der Waals surface area contributed by atoms with Gasteiger partial charge in [0.25, 0.3) is 0 Å². The van der Waals surface area contributed by atoms with Crippen molar-refractivity contribution >= 4 is 29.5 Å². The maximum atomic E-state index is 12.6. The van der Waals surface area contributed by atoms with Crippen molar-refractivity contribution < 1.29 is 14.7 Å². The number of thioether (sulfide) groups is 1. The van der Waals surface area contributed by atoms with Gasteiger partial charge in [-0.05, 0) is 37.1 Å². The fourth-order valence-corrected chi connectivity index (χ4v) is 4.64. The smallest absolute Gasteiger partial charge is 0.238 e. The number of aryl methyl sites for hydroxylation is 1. The van der Waals surface area contributed by atoms with Crippen molar-refractivity contribution in [2.45, 2.75) is 24.3 Å². The number of rotatable bonds is 3. The number of carbonyl (C=O) groups excluding carboxylic acids is 2. The first kappa shape index (κ1) is 18.3. The van der Waals surface area contributed by atoms with Crippen LogP contribution in [0.5, 0.6) is 0 Å². The monoisotopic (exact) mass is 392 g/mol. The van der Waals surface area contributed by atoms with Crippen LogP contribution >= 0.6 is 11.8 Å². The highest BCUT2D eigenvalue weighted by Crippen LogP contribution is 2.46. The molecular weight excluding hydrogens is 374 g/mol. The lowest BCUT2D eigenvalue weighted by Gasteiger charge is -2.18. The molecule has 0 saturated carbocycles. The van der Waals surface area contributed by atoms with E-state index in [4.69, 9.17) is 0 Å². The number of fused-ring (bicyclic) bond motifs is 1. The summed E-state index contributed by atoms with van der Waals surface area (Å²) in [4.78, 5) is 23.7. The Morgan fingerprint density at radius 2 is 1.82 bits per heavy atom. The van der Waals surface area contributed by atoms with E-state index in [-0.39, 0.29) is 22.0 Å². The van der Waals surface area contributed by atoms with Crippen LogP contribution in [0, 0.1) is 6.92 Å². The van der Waals surface area contributed by atoms with Gasteiger partial charge in [-0.15, -0.1) is 11.8 Å². The third-order valence-electron chi connectivity index (χ3n) is 4.77. The van der Waals surface area contributed by atoms with Crippen molar-refractivity contribution in [2.24, 2.45) is 0 Å². The molecule has 0 bridgehead atoms. The fraction of sp³-hybridized carbons (Fsp3) is 0.190. The summed E-state index contributed by atoms with van der Waals surface area (Å²) in [5.74, 6) is -0.643. The molecule has 7 heteroatoms. The highest BCUT2D eigenvalue weighted by Gasteiger charge is 2.33. The van der Waals surface area contributed by atoms with Gasteiger partial charge in [-0.3, -0.25) is 4.79 Å². The maximum Gasteiger partial charge on any atom is 0.238 e. The molecule has 0 unspecified atom stereocenters. The lowest BCUT2D eigenvalue weighted by molar-refractivity contribution is -0.255. The summed E-state index contributed by atoms with van der Waals surface area (Å²) < 4.78 is 1.75. The molecule has 28 heavy (non-hydrogen) atoms. The van der Waals surface area contributed by atoms with Gasteiger partial charge in [-0.25, -0.2) is 4.68 Å². The number of aromatic carboxylic acids is 1. The summed E-state index contributed by atoms with van der Waals surface area (Å²) >= 11 is 1.52. The molecule has 142 valence electrons. The van der Waals surface area contributed by atoms with E-state index in [1.807, 2.05) is 44.2 Å². The number of para-hydroxylation sites is 1. The summed E-state index contributed by atoms with van der Waals surface area (Å²) in [5, 5.41) is 18.3. The molecule has 2 heterocycles. The molecular formula is C21H18N3O3S-. The van der Waals surface area contributed by atoms with Crippen LogP contribution in [0.1, 0.15) is 39.4 Å². The Kier molecular flexibility index (Phi) is 4.68. The average Bonchev–Trinajstić information content (AvgIpc) is 2.95. The summed E-state index contributed by atoms with van der Waals surface area (Å²) in [5.41, 5.74) is 3.64. The molecule has 0 aliphatic carbocycles. The zero-order valence-corrected chi connectivity index (χ0v) is 16.2. The first-order valence-corrected chi connectivity index (χ1v) is 9.82. The van der Waals surface area contributed by atoms with E-state index in [9.17, 15) is 14.7 Å². The van der Waals surface area contributed by atoms with Gasteiger partial charge in [0.1, 0.15) is 5.82 Å². The van der Waals surface area contributed by atoms with Crippen molar-refractivity contribution in [1.29, 1.82) is 0 Å². The predicted molar refractivity (Wildman–Crippen MR) is 107 cm³/mol. The van der Waals surface area contributed by atoms with Crippen LogP contribution in [0.4, 0.5) is 5.82 Å². The van der Waals surface area contributed by atoms with Crippen LogP contribution in [0.15, 0.2) is 54.6 Å². The van der Waals surface area contributed by atoms with E-state index in [1.165, 1.54) is 23.9 Å². The molecule has 0 radical (unpaired) electrons. The van der Waals surface area contributed by atoms with Crippen LogP contribution in [0.2, 0.25) is 0 Å². The molecule has 4 rings (SSSR count). The zero-order valence-electron chi connectivity index (χ0n) is 15.4. The second-order valence-electron chi connectivity index (χ2n) is 6.65. The number of amides is 1. The predicted octanol–water partition coefficient (Wildman–Crippen LogP) is 2.71. The minimum Gasteiger partial charge on any atom is -0.545 e. The van der Waals surface area contributed by atoms with E-state index >= 15 is 0 Å². The van der Waals surface area contributed by atoms with Gasteiger partial charge in [0.05, 0.1) is 27.9 Å². The van der Waals surface area contributed by atoms with E-state index in [2.05, 4.69) is 10.4 Å². The van der Waals surface area contributed by atoms with Crippen LogP contribution in [-0.4, -0.2) is 26.9 Å². The van der Waals surface area contributed by atoms with Crippen LogP contribution in [-0.2, 0) is 4.79 Å². The number of aromatic nitrogens is 2. The number of benzene rings is 2. The fourth-order valence-electron chi connectivity index (χ4n) is 3.32. The van der Waals surface area contributed by atoms with Gasteiger partial charge in [0, 0.05) is 5.56 Å². The van der Waals surface area contributed by atoms with Crippen LogP contribution in [0.25, 0.3) is 5.69 Å². The first-order valence-electron chi connectivity index (χ1n) is 8.88. The molecule has 2 aromatic carbocycles. The number of nitrogens with zero attached hydrogens (tertiary/aromatic N) is 2. The van der Waals surface area contributed by atoms with E-state index in [1.54, 1.807) is 16.8 Å². The second kappa shape index (κ2) is 7.16. The summed E-state index contributed by atoms with van der Waals surface area (Å²) in [7, 11) is 0. The summed E-state index contributed by atoms with van der Waals surface area (Å²) in [6.45, 7) is 3.79. The summed E-state index contributed by atoms with van der Waals surface area (Å²) in [6.07, 6.45) is 0. The molecule has 6 nitrogen and oxygen atoms in total. The Balaban J connectivity index is 1.87. The normalized spacial score (nSPS) is 18.9. The van der Waals surface area contributed by atoms with Crippen molar-refractivity contribution in [1.82, 2.24) is 9.78 Å². The molecule has 1 aliphatic heterocycles. The quantitative estimate of drug-likeness (QED) is 0.741. The van der Waals surface area contributed by atoms with Gasteiger partial charge in [-0.2, -0.15) is 5.10 Å². The van der Waals surface area contributed by atoms with Crippen molar-refractivity contribution in [3.8, 4) is 5.69 Å². The Morgan fingerprint density at radius 3 is 2.46 bits per heavy atom. The zero-order chi connectivity index (χ0) is 19.8. The first-order chi connectivity index (χ1) is 13.5. The molecule has 2 atom stereocenters. The molecule has 0 spiro atoms. The molecule has 3 aromatic rings. The van der Waals surface area contributed by atoms with Crippen molar-refractivity contribution in [3.05, 3.63) is 77.0 Å². The SMILES string of the molecule is Cc1nn(-c2ccccc2)c2c1[C@@H](c1ccc(C(=O)[O-])cc1)S[C@@H](C)C(=O)N2. The minimum absolute atomic E-state index is 0.0859. The number of hydrogen-bond donors (Lipinski definition) is 1. The maximum absolute atomic E-state index is 12.6. The Hall–Kier alpha value is -3.06. The van der Waals surface area contributed by atoms with E-state index in [0.29, 0.717) is 5.82 Å². The van der Waals surface area contributed by atoms with E-state index < -0.39 is 5.97 Å². The molecule has 1 N–H and O–H groups in total. The third kappa shape index (κ3) is 3.18. The van der Waals surface area contributed by atoms with Crippen LogP contribution < -0.4 is 10.4 Å². The largest absolute Gasteiger partial charge is 0.545 e. The highest BCUT2D eigenvalue weighted by molar-refractivity contribution is 8.01. The second-order valence-corrected chi connectivity index (χ2v) is 8.10. The lowest BCUT2D eigenvalue weighted by Crippen LogP contribution is -2.22. The lowest BCUT2D eigenvalue weighted by atomic mass is 10.0. The van der Waals surface area contributed by atoms with Crippen LogP contribution in [0.3, 0.4) is 0 Å². The minimum atomic E-state index is -1.21. The number of hydrogen-bond acceptors (Lipinski definition) is 5. The van der Waals surface area contributed by atoms with Gasteiger partial charge in [0.15, 0.2) is 0 Å². The standard InChI is InChI=1S/C21H19N3O3S/c1-12-17-18(14-8-10-15(11-9-14)21(26)27)28-13(2)20(25)22-19(17)24(23-12)16-6-4-3-5-7-16/h3-11,13,18H,1-2H3,(H,22,25)(H,26,27)/p-1/t13-,18+/m0/s1. The highest BCUT2D eigenvalue weighted by atomic mass is 32.2. The van der Waals surface area contributed by atoms with Gasteiger partial charge < -0.3 is 15.2 Å². The van der Waals surface area contributed by atoms with E-state index in [0.717, 1.165) is 22.5 Å². The van der Waals surface area contributed by atoms with Gasteiger partial charge >= 0.3 is 0 Å². The molecule has 1 aromatic heterocycles. The number of carboxylic acids is 1. The molecule has 1 amide bonds. The summed E-state index contributed by atoms with van der Waals surface area (Å²) in [6, 6.07) is 16.3. The van der Waals surface area contributed by atoms with Crippen molar-refractivity contribution in [3.63, 3.8) is 0 Å². The van der Waals surface area contributed by atoms with Gasteiger partial charge in [0.2, 0.25) is 5.91 Å². The molecule has 0 fully saturated rings. The Morgan fingerprint density at radius 1 is 1.14 bits per heavy atom. The number of carboxylic acid groups (broad SMARTS) is 1. The Labute approximate surface area is 166 Å². The molecule has 0 saturated heterocycles. The third-order valence-corrected chi connectivity index (χ3v) is 6.17. The van der Waals surface area contributed by atoms with Crippen molar-refractivity contribution in [2.75, 3.05) is 5.32 Å². The number of carbonyl (C=O) groups is 2. The topological polar surface area (TPSA) is 87.1 Å². The Bertz CT molecular complexity index is 1040. The number of anilines is 1.